The number of halogens is 2. The van der Waals surface area contributed by atoms with Crippen molar-refractivity contribution in [2.45, 2.75) is 84.4 Å². The van der Waals surface area contributed by atoms with Crippen LogP contribution in [0, 0.1) is 25.5 Å². The first-order chi connectivity index (χ1) is 21.2. The second-order valence-corrected chi connectivity index (χ2v) is 12.8. The van der Waals surface area contributed by atoms with Crippen LogP contribution >= 0.6 is 0 Å². The number of hydrogen-bond acceptors (Lipinski definition) is 5. The number of hydrogen-bond donors (Lipinski definition) is 1. The summed E-state index contributed by atoms with van der Waals surface area (Å²) >= 11 is 0. The third-order valence-electron chi connectivity index (χ3n) is 8.41. The number of ether oxygens (including phenoxy) is 1. The minimum absolute atomic E-state index is 0.00186. The molecule has 4 heterocycles. The molecule has 0 radical (unpaired) electrons. The summed E-state index contributed by atoms with van der Waals surface area (Å²) in [6, 6.07) is 6.74. The Morgan fingerprint density at radius 3 is 2.36 bits per heavy atom. The Hall–Kier alpha value is -4.74. The predicted molar refractivity (Wildman–Crippen MR) is 161 cm³/mol. The largest absolute Gasteiger partial charge is 0.481 e. The predicted octanol–water partition coefficient (Wildman–Crippen LogP) is 5.72. The zero-order valence-corrected chi connectivity index (χ0v) is 25.8. The number of nitrogens with zero attached hydrogens (tertiary/aromatic N) is 5. The van der Waals surface area contributed by atoms with Crippen LogP contribution < -0.4 is 5.69 Å². The van der Waals surface area contributed by atoms with Gasteiger partial charge in [-0.2, -0.15) is 5.10 Å². The Balaban J connectivity index is 1.54. The van der Waals surface area contributed by atoms with E-state index in [1.54, 1.807) is 41.8 Å². The summed E-state index contributed by atoms with van der Waals surface area (Å²) in [6.45, 7) is 8.78. The summed E-state index contributed by atoms with van der Waals surface area (Å²) in [5, 5.41) is 14.0. The van der Waals surface area contributed by atoms with Gasteiger partial charge in [0.1, 0.15) is 23.1 Å². The van der Waals surface area contributed by atoms with Crippen LogP contribution in [0.25, 0.3) is 17.2 Å². The number of imidazole rings is 1. The van der Waals surface area contributed by atoms with Crippen LogP contribution in [-0.4, -0.2) is 52.6 Å². The molecule has 12 heteroatoms. The summed E-state index contributed by atoms with van der Waals surface area (Å²) in [6.07, 6.45) is 4.87. The molecule has 6 rings (SSSR count). The Morgan fingerprint density at radius 2 is 1.71 bits per heavy atom. The first kappa shape index (κ1) is 30.3. The number of carbonyl (C=O) groups is 2. The van der Waals surface area contributed by atoms with Crippen LogP contribution in [0.5, 0.6) is 0 Å². The monoisotopic (exact) mass is 619 g/mol. The quantitative estimate of drug-likeness (QED) is 0.306. The SMILES string of the molecule is Cc1cc(-n2nc3c(c2-n2ccn(-c4ccc(CC(=O)O)c(F)c4)c2=O)[C@@H]2CCC[C@H](C3)N2C(=O)OC(C)(C)C)cc(C)c1F. The topological polar surface area (TPSA) is 112 Å². The molecule has 45 heavy (non-hydrogen) atoms. The van der Waals surface area contributed by atoms with E-state index < -0.39 is 41.6 Å². The molecular formula is C33H35F2N5O5. The van der Waals surface area contributed by atoms with Gasteiger partial charge in [0.05, 0.1) is 29.5 Å². The third kappa shape index (κ3) is 5.42. The van der Waals surface area contributed by atoms with Gasteiger partial charge in [-0.05, 0) is 94.8 Å². The molecule has 1 N–H and O–H groups in total. The van der Waals surface area contributed by atoms with Crippen molar-refractivity contribution in [3.05, 3.63) is 92.8 Å². The van der Waals surface area contributed by atoms with Crippen LogP contribution in [0.2, 0.25) is 0 Å². The van der Waals surface area contributed by atoms with Gasteiger partial charge in [0, 0.05) is 30.4 Å². The molecule has 2 aromatic heterocycles. The Morgan fingerprint density at radius 1 is 1.02 bits per heavy atom. The summed E-state index contributed by atoms with van der Waals surface area (Å²) in [5.74, 6) is -1.84. The van der Waals surface area contributed by atoms with E-state index in [0.29, 0.717) is 41.0 Å². The van der Waals surface area contributed by atoms with Crippen LogP contribution in [0.15, 0.2) is 47.5 Å². The first-order valence-electron chi connectivity index (χ1n) is 14.9. The molecule has 0 unspecified atom stereocenters. The molecule has 2 aliphatic heterocycles. The smallest absolute Gasteiger partial charge is 0.411 e. The van der Waals surface area contributed by atoms with Gasteiger partial charge in [-0.3, -0.25) is 18.8 Å². The van der Waals surface area contributed by atoms with Crippen LogP contribution in [0.3, 0.4) is 0 Å². The van der Waals surface area contributed by atoms with E-state index in [-0.39, 0.29) is 23.1 Å². The number of amides is 1. The van der Waals surface area contributed by atoms with Gasteiger partial charge in [0.2, 0.25) is 0 Å². The minimum Gasteiger partial charge on any atom is -0.481 e. The fraction of sp³-hybridized carbons (Fsp3) is 0.394. The van der Waals surface area contributed by atoms with E-state index in [4.69, 9.17) is 14.9 Å². The number of carboxylic acids is 1. The highest BCUT2D eigenvalue weighted by Crippen LogP contribution is 2.45. The molecule has 2 bridgehead atoms. The van der Waals surface area contributed by atoms with Gasteiger partial charge in [0.15, 0.2) is 0 Å². The highest BCUT2D eigenvalue weighted by atomic mass is 19.1. The van der Waals surface area contributed by atoms with Crippen LogP contribution in [0.1, 0.15) is 74.0 Å². The van der Waals surface area contributed by atoms with Crippen molar-refractivity contribution >= 4 is 12.1 Å². The fourth-order valence-electron chi connectivity index (χ4n) is 6.52. The maximum Gasteiger partial charge on any atom is 0.411 e. The summed E-state index contributed by atoms with van der Waals surface area (Å²) in [7, 11) is 0. The zero-order chi connectivity index (χ0) is 32.4. The number of fused-ring (bicyclic) bond motifs is 4. The van der Waals surface area contributed by atoms with E-state index in [0.717, 1.165) is 24.6 Å². The minimum atomic E-state index is -1.17. The average Bonchev–Trinajstić information content (AvgIpc) is 3.51. The van der Waals surface area contributed by atoms with Crippen molar-refractivity contribution in [1.82, 2.24) is 23.8 Å². The number of piperidine rings is 1. The lowest BCUT2D eigenvalue weighted by Gasteiger charge is -2.45. The molecule has 2 aromatic carbocycles. The molecule has 236 valence electrons. The van der Waals surface area contributed by atoms with Crippen molar-refractivity contribution < 1.29 is 28.2 Å². The van der Waals surface area contributed by atoms with E-state index in [1.165, 1.54) is 27.5 Å². The molecule has 1 fully saturated rings. The standard InChI is InChI=1S/C33H35F2N5O5/c1-18-13-23(14-19(2)29(18)35)40-30(38-12-11-37(31(38)43)21-10-9-20(15-27(41)42)24(34)16-21)28-25(36-40)17-22-7-6-8-26(28)39(22)32(44)45-33(3,4)5/h9-14,16,22,26H,6-8,15,17H2,1-5H3,(H,41,42)/t22-,26+/m1/s1. The lowest BCUT2D eigenvalue weighted by Crippen LogP contribution is -2.51. The van der Waals surface area contributed by atoms with Gasteiger partial charge in [0.25, 0.3) is 0 Å². The number of aryl methyl sites for hydroxylation is 2. The second-order valence-electron chi connectivity index (χ2n) is 12.8. The second kappa shape index (κ2) is 11.0. The number of aliphatic carboxylic acids is 1. The molecule has 2 aliphatic rings. The van der Waals surface area contributed by atoms with Crippen molar-refractivity contribution in [2.75, 3.05) is 0 Å². The average molecular weight is 620 g/mol. The van der Waals surface area contributed by atoms with Crippen molar-refractivity contribution in [3.63, 3.8) is 0 Å². The normalized spacial score (nSPS) is 17.7. The fourth-order valence-corrected chi connectivity index (χ4v) is 6.52. The van der Waals surface area contributed by atoms with E-state index >= 15 is 0 Å². The number of carboxylic acid groups (broad SMARTS) is 1. The molecule has 0 saturated carbocycles. The van der Waals surface area contributed by atoms with Gasteiger partial charge in [-0.25, -0.2) is 23.1 Å². The highest BCUT2D eigenvalue weighted by Gasteiger charge is 2.46. The summed E-state index contributed by atoms with van der Waals surface area (Å²) < 4.78 is 39.6. The molecular weight excluding hydrogens is 584 g/mol. The number of rotatable bonds is 5. The van der Waals surface area contributed by atoms with Crippen LogP contribution in [0.4, 0.5) is 13.6 Å². The van der Waals surface area contributed by atoms with Gasteiger partial charge in [-0.15, -0.1) is 0 Å². The lowest BCUT2D eigenvalue weighted by molar-refractivity contribution is -0.136. The molecule has 10 nitrogen and oxygen atoms in total. The van der Waals surface area contributed by atoms with Gasteiger partial charge < -0.3 is 9.84 Å². The molecule has 1 amide bonds. The molecule has 4 aromatic rings. The van der Waals surface area contributed by atoms with Crippen molar-refractivity contribution in [3.8, 4) is 17.2 Å². The molecule has 1 saturated heterocycles. The van der Waals surface area contributed by atoms with Crippen molar-refractivity contribution in [2.24, 2.45) is 0 Å². The Kier molecular flexibility index (Phi) is 7.41. The van der Waals surface area contributed by atoms with E-state index in [1.807, 2.05) is 20.8 Å². The zero-order valence-electron chi connectivity index (χ0n) is 25.8. The van der Waals surface area contributed by atoms with Crippen molar-refractivity contribution in [1.29, 1.82) is 0 Å². The number of aromatic nitrogens is 4. The van der Waals surface area contributed by atoms with E-state index in [9.17, 15) is 23.2 Å². The first-order valence-corrected chi connectivity index (χ1v) is 14.9. The lowest BCUT2D eigenvalue weighted by atomic mass is 9.83. The van der Waals surface area contributed by atoms with Gasteiger partial charge >= 0.3 is 17.8 Å². The maximum absolute atomic E-state index is 14.8. The number of benzene rings is 2. The van der Waals surface area contributed by atoms with Crippen LogP contribution in [-0.2, 0) is 22.4 Å². The molecule has 0 spiro atoms. The third-order valence-corrected chi connectivity index (χ3v) is 8.41. The summed E-state index contributed by atoms with van der Waals surface area (Å²) in [5.41, 5.74) is 1.82. The maximum atomic E-state index is 14.8. The van der Waals surface area contributed by atoms with E-state index in [2.05, 4.69) is 0 Å². The summed E-state index contributed by atoms with van der Waals surface area (Å²) in [4.78, 5) is 40.5. The Labute approximate surface area is 258 Å². The van der Waals surface area contributed by atoms with Gasteiger partial charge in [-0.1, -0.05) is 6.07 Å². The molecule has 0 aliphatic carbocycles. The highest BCUT2D eigenvalue weighted by molar-refractivity contribution is 5.71. The number of carbonyl (C=O) groups excluding carboxylic acids is 1. The molecule has 2 atom stereocenters. The Bertz CT molecular complexity index is 1880.